The lowest BCUT2D eigenvalue weighted by Crippen LogP contribution is -2.45. The van der Waals surface area contributed by atoms with Gasteiger partial charge in [0.1, 0.15) is 0 Å². The Morgan fingerprint density at radius 2 is 1.86 bits per heavy atom. The molecule has 0 aromatic heterocycles. The molecule has 0 saturated carbocycles. The number of esters is 1. The number of benzene rings is 2. The van der Waals surface area contributed by atoms with Crippen molar-refractivity contribution >= 4 is 17.6 Å². The summed E-state index contributed by atoms with van der Waals surface area (Å²) in [4.78, 5) is 11.9. The maximum Gasteiger partial charge on any atom is 0.306 e. The number of hydrogen-bond acceptors (Lipinski definition) is 5. The Hall–Kier alpha value is -1.92. The lowest BCUT2D eigenvalue weighted by molar-refractivity contribution is -0.143. The lowest BCUT2D eigenvalue weighted by Gasteiger charge is -2.31. The fraction of sp³-hybridized carbons (Fsp3) is 0.567. The fourth-order valence-electron chi connectivity index (χ4n) is 5.27. The van der Waals surface area contributed by atoms with Crippen LogP contribution >= 0.6 is 11.6 Å². The Balaban J connectivity index is 1.49. The summed E-state index contributed by atoms with van der Waals surface area (Å²) >= 11 is 6.23. The second-order valence-corrected chi connectivity index (χ2v) is 11.0. The van der Waals surface area contributed by atoms with Gasteiger partial charge in [-0.3, -0.25) is 4.79 Å². The first-order valence-electron chi connectivity index (χ1n) is 13.3. The molecule has 0 fully saturated rings. The molecule has 2 aromatic carbocycles. The minimum Gasteiger partial charge on any atom is -0.466 e. The molecule has 3 rings (SSSR count). The van der Waals surface area contributed by atoms with E-state index in [2.05, 4.69) is 50.4 Å². The van der Waals surface area contributed by atoms with Crippen LogP contribution in [0.3, 0.4) is 0 Å². The number of ether oxygens (including phenoxy) is 2. The first-order chi connectivity index (χ1) is 17.2. The molecule has 0 radical (unpaired) electrons. The summed E-state index contributed by atoms with van der Waals surface area (Å²) in [6, 6.07) is 14.4. The predicted octanol–water partition coefficient (Wildman–Crippen LogP) is 5.84. The third kappa shape index (κ3) is 8.58. The number of aryl methyl sites for hydroxylation is 1. The van der Waals surface area contributed by atoms with Gasteiger partial charge in [-0.15, -0.1) is 0 Å². The van der Waals surface area contributed by atoms with Gasteiger partial charge in [0.2, 0.25) is 0 Å². The zero-order chi connectivity index (χ0) is 26.1. The van der Waals surface area contributed by atoms with E-state index in [1.54, 1.807) is 6.92 Å². The maximum absolute atomic E-state index is 11.9. The van der Waals surface area contributed by atoms with Crippen molar-refractivity contribution < 1.29 is 19.4 Å². The second-order valence-electron chi connectivity index (χ2n) is 10.5. The summed E-state index contributed by atoms with van der Waals surface area (Å²) in [5, 5.41) is 14.9. The van der Waals surface area contributed by atoms with Crippen molar-refractivity contribution in [1.82, 2.24) is 5.32 Å². The van der Waals surface area contributed by atoms with Crippen molar-refractivity contribution in [2.45, 2.75) is 84.0 Å². The monoisotopic (exact) mass is 515 g/mol. The number of hydrogen-bond donors (Lipinski definition) is 2. The van der Waals surface area contributed by atoms with Gasteiger partial charge in [0.05, 0.1) is 25.4 Å². The second kappa shape index (κ2) is 13.6. The van der Waals surface area contributed by atoms with Gasteiger partial charge in [0, 0.05) is 23.5 Å². The molecule has 0 spiro atoms. The summed E-state index contributed by atoms with van der Waals surface area (Å²) < 4.78 is 11.2. The number of carbonyl (C=O) groups excluding carboxylic acids is 1. The van der Waals surface area contributed by atoms with E-state index >= 15 is 0 Å². The number of rotatable bonds is 14. The minimum absolute atomic E-state index is 0.0751. The van der Waals surface area contributed by atoms with Gasteiger partial charge >= 0.3 is 5.97 Å². The summed E-state index contributed by atoms with van der Waals surface area (Å²) in [5.41, 5.74) is 4.86. The smallest absolute Gasteiger partial charge is 0.306 e. The van der Waals surface area contributed by atoms with Crippen molar-refractivity contribution in [3.8, 4) is 0 Å². The van der Waals surface area contributed by atoms with Gasteiger partial charge < -0.3 is 19.9 Å². The van der Waals surface area contributed by atoms with Gasteiger partial charge in [-0.2, -0.15) is 0 Å². The van der Waals surface area contributed by atoms with E-state index in [4.69, 9.17) is 21.1 Å². The highest BCUT2D eigenvalue weighted by Gasteiger charge is 2.28. The zero-order valence-corrected chi connectivity index (χ0v) is 22.9. The predicted molar refractivity (Wildman–Crippen MR) is 145 cm³/mol. The quantitative estimate of drug-likeness (QED) is 0.309. The fourth-order valence-corrected chi connectivity index (χ4v) is 5.47. The molecule has 2 atom stereocenters. The molecule has 6 heteroatoms. The highest BCUT2D eigenvalue weighted by Crippen LogP contribution is 2.32. The topological polar surface area (TPSA) is 67.8 Å². The number of fused-ring (bicyclic) bond motifs is 1. The molecule has 198 valence electrons. The third-order valence-corrected chi connectivity index (χ3v) is 7.20. The van der Waals surface area contributed by atoms with Gasteiger partial charge in [-0.1, -0.05) is 48.9 Å². The summed E-state index contributed by atoms with van der Waals surface area (Å²) in [6.45, 7) is 9.36. The van der Waals surface area contributed by atoms with Crippen LogP contribution < -0.4 is 5.32 Å². The van der Waals surface area contributed by atoms with Crippen LogP contribution in [0.1, 0.15) is 75.3 Å². The summed E-state index contributed by atoms with van der Waals surface area (Å²) in [6.07, 6.45) is 4.11. The number of aliphatic hydroxyl groups excluding tert-OH is 1. The molecule has 0 bridgehead atoms. The van der Waals surface area contributed by atoms with Crippen LogP contribution in [0.4, 0.5) is 0 Å². The normalized spacial score (nSPS) is 15.5. The Morgan fingerprint density at radius 1 is 1.17 bits per heavy atom. The third-order valence-electron chi connectivity index (χ3n) is 6.97. The molecule has 0 heterocycles. The highest BCUT2D eigenvalue weighted by atomic mass is 35.5. The van der Waals surface area contributed by atoms with Gasteiger partial charge in [0.15, 0.2) is 0 Å². The first kappa shape index (κ1) is 28.6. The molecule has 1 aliphatic rings. The Labute approximate surface area is 221 Å². The minimum atomic E-state index is -0.616. The molecule has 0 amide bonds. The number of nitrogens with one attached hydrogen (secondary N) is 1. The van der Waals surface area contributed by atoms with Crippen molar-refractivity contribution in [2.24, 2.45) is 5.92 Å². The van der Waals surface area contributed by atoms with Crippen LogP contribution in [-0.2, 0) is 33.5 Å². The molecule has 2 aromatic rings. The van der Waals surface area contributed by atoms with Crippen LogP contribution in [0.25, 0.3) is 0 Å². The van der Waals surface area contributed by atoms with E-state index in [-0.39, 0.29) is 24.2 Å². The molecule has 0 aliphatic heterocycles. The van der Waals surface area contributed by atoms with Crippen molar-refractivity contribution in [3.63, 3.8) is 0 Å². The van der Waals surface area contributed by atoms with Crippen LogP contribution in [0, 0.1) is 5.92 Å². The van der Waals surface area contributed by atoms with Crippen LogP contribution in [-0.4, -0.2) is 42.5 Å². The van der Waals surface area contributed by atoms with Gasteiger partial charge in [-0.25, -0.2) is 0 Å². The first-order valence-corrected chi connectivity index (χ1v) is 13.6. The molecule has 0 saturated heterocycles. The zero-order valence-electron chi connectivity index (χ0n) is 22.2. The number of β-amino-alcohol motifs (C(OH)–C–C–N with tert-alkyl or cyclic N) is 1. The number of halogens is 1. The van der Waals surface area contributed by atoms with E-state index in [1.165, 1.54) is 11.1 Å². The molecule has 0 unspecified atom stereocenters. The van der Waals surface area contributed by atoms with Crippen molar-refractivity contribution in [1.29, 1.82) is 0 Å². The van der Waals surface area contributed by atoms with Crippen molar-refractivity contribution in [3.05, 3.63) is 69.7 Å². The standard InChI is InChI=1S/C30H42ClNO4/c1-5-28(27-13-12-25(31)17-24(27)11-14-29(34)35-6-2)36-20-26(33)19-32-30(3,4)18-21-15-22-9-7-8-10-23(22)16-21/h7-10,12-13,17,21,26,28,32-33H,5-6,11,14-16,18-20H2,1-4H3/t26-,28-/m1/s1. The van der Waals surface area contributed by atoms with Crippen LogP contribution in [0.15, 0.2) is 42.5 Å². The SMILES string of the molecule is CCOC(=O)CCc1cc(Cl)ccc1[C@@H](CC)OC[C@H](O)CNC(C)(C)CC1Cc2ccccc2C1. The molecule has 2 N–H and O–H groups in total. The summed E-state index contributed by atoms with van der Waals surface area (Å²) in [5.74, 6) is 0.406. The van der Waals surface area contributed by atoms with E-state index in [0.29, 0.717) is 36.9 Å². The van der Waals surface area contributed by atoms with Crippen molar-refractivity contribution in [2.75, 3.05) is 19.8 Å². The van der Waals surface area contributed by atoms with E-state index < -0.39 is 6.10 Å². The van der Waals surface area contributed by atoms with E-state index in [1.807, 2.05) is 18.2 Å². The van der Waals surface area contributed by atoms with E-state index in [9.17, 15) is 9.90 Å². The average molecular weight is 516 g/mol. The molecule has 36 heavy (non-hydrogen) atoms. The molecular formula is C30H42ClNO4. The van der Waals surface area contributed by atoms with Crippen LogP contribution in [0.5, 0.6) is 0 Å². The molecule has 1 aliphatic carbocycles. The highest BCUT2D eigenvalue weighted by molar-refractivity contribution is 6.30. The molecule has 5 nitrogen and oxygen atoms in total. The lowest BCUT2D eigenvalue weighted by atomic mass is 9.88. The Morgan fingerprint density at radius 3 is 2.50 bits per heavy atom. The number of aliphatic hydroxyl groups is 1. The average Bonchev–Trinajstić information content (AvgIpc) is 3.24. The van der Waals surface area contributed by atoms with Crippen LogP contribution in [0.2, 0.25) is 5.02 Å². The number of carbonyl (C=O) groups is 1. The van der Waals surface area contributed by atoms with E-state index in [0.717, 1.165) is 36.8 Å². The van der Waals surface area contributed by atoms with Gasteiger partial charge in [0.25, 0.3) is 0 Å². The summed E-state index contributed by atoms with van der Waals surface area (Å²) in [7, 11) is 0. The maximum atomic E-state index is 11.9. The molecular weight excluding hydrogens is 474 g/mol. The Kier molecular flexibility index (Phi) is 10.8. The van der Waals surface area contributed by atoms with Gasteiger partial charge in [-0.05, 0) is 93.2 Å². The largest absolute Gasteiger partial charge is 0.466 e. The Bertz CT molecular complexity index is 968.